The van der Waals surface area contributed by atoms with Crippen molar-refractivity contribution in [2.45, 2.75) is 6.54 Å². The van der Waals surface area contributed by atoms with E-state index in [0.717, 1.165) is 5.56 Å². The fourth-order valence-corrected chi connectivity index (χ4v) is 2.14. The third kappa shape index (κ3) is 6.35. The van der Waals surface area contributed by atoms with E-state index in [1.807, 2.05) is 0 Å². The van der Waals surface area contributed by atoms with Crippen LogP contribution >= 0.6 is 0 Å². The predicted octanol–water partition coefficient (Wildman–Crippen LogP) is 1.92. The van der Waals surface area contributed by atoms with Gasteiger partial charge < -0.3 is 20.1 Å². The summed E-state index contributed by atoms with van der Waals surface area (Å²) in [7, 11) is 2.83. The topological polar surface area (TPSA) is 106 Å². The first-order chi connectivity index (χ1) is 13.0. The van der Waals surface area contributed by atoms with E-state index < -0.39 is 6.09 Å². The zero-order chi connectivity index (χ0) is 19.6. The van der Waals surface area contributed by atoms with Crippen LogP contribution in [0.5, 0.6) is 5.75 Å². The maximum atomic E-state index is 12.0. The Morgan fingerprint density at radius 1 is 0.889 bits per heavy atom. The van der Waals surface area contributed by atoms with Crippen LogP contribution in [0.15, 0.2) is 48.5 Å². The van der Waals surface area contributed by atoms with Crippen molar-refractivity contribution < 1.29 is 23.9 Å². The van der Waals surface area contributed by atoms with Crippen molar-refractivity contribution in [1.29, 1.82) is 0 Å². The number of carbonyl (C=O) groups excluding carboxylic acids is 3. The highest BCUT2D eigenvalue weighted by molar-refractivity contribution is 5.96. The highest BCUT2D eigenvalue weighted by atomic mass is 16.5. The summed E-state index contributed by atoms with van der Waals surface area (Å²) in [5.41, 5.74) is 1.88. The zero-order valence-electron chi connectivity index (χ0n) is 15.1. The Hall–Kier alpha value is -3.55. The molecule has 0 aliphatic carbocycles. The summed E-state index contributed by atoms with van der Waals surface area (Å²) in [6, 6.07) is 13.5. The van der Waals surface area contributed by atoms with Gasteiger partial charge in [-0.1, -0.05) is 12.1 Å². The highest BCUT2D eigenvalue weighted by Gasteiger charge is 2.08. The summed E-state index contributed by atoms with van der Waals surface area (Å²) < 4.78 is 9.54. The van der Waals surface area contributed by atoms with Crippen LogP contribution in [0.2, 0.25) is 0 Å². The highest BCUT2D eigenvalue weighted by Crippen LogP contribution is 2.11. The molecule has 0 aliphatic heterocycles. The van der Waals surface area contributed by atoms with Crippen molar-refractivity contribution in [2.75, 3.05) is 26.1 Å². The number of benzene rings is 2. The lowest BCUT2D eigenvalue weighted by molar-refractivity contribution is -0.120. The molecule has 0 radical (unpaired) electrons. The monoisotopic (exact) mass is 371 g/mol. The fraction of sp³-hybridized carbons (Fsp3) is 0.211. The van der Waals surface area contributed by atoms with E-state index in [4.69, 9.17) is 4.74 Å². The first kappa shape index (κ1) is 19.8. The van der Waals surface area contributed by atoms with Crippen LogP contribution in [0.25, 0.3) is 0 Å². The molecule has 0 heterocycles. The standard InChI is InChI=1S/C19H21N3O5/c1-26-16-9-5-14(6-10-16)18(24)21-12-17(23)20-11-13-3-7-15(8-4-13)22-19(25)27-2/h3-10H,11-12H2,1-2H3,(H,20,23)(H,21,24)(H,22,25). The molecular formula is C19H21N3O5. The maximum Gasteiger partial charge on any atom is 0.411 e. The van der Waals surface area contributed by atoms with Crippen LogP contribution < -0.4 is 20.7 Å². The largest absolute Gasteiger partial charge is 0.497 e. The molecule has 8 nitrogen and oxygen atoms in total. The lowest BCUT2D eigenvalue weighted by atomic mass is 10.2. The van der Waals surface area contributed by atoms with Crippen LogP contribution in [-0.4, -0.2) is 38.7 Å². The van der Waals surface area contributed by atoms with Gasteiger partial charge in [0.05, 0.1) is 20.8 Å². The number of rotatable bonds is 7. The Balaban J connectivity index is 1.75. The summed E-state index contributed by atoms with van der Waals surface area (Å²) >= 11 is 0. The zero-order valence-corrected chi connectivity index (χ0v) is 15.1. The second kappa shape index (κ2) is 9.81. The molecule has 0 fully saturated rings. The quantitative estimate of drug-likeness (QED) is 0.690. The molecule has 0 saturated heterocycles. The number of hydrogen-bond acceptors (Lipinski definition) is 5. The fourth-order valence-electron chi connectivity index (χ4n) is 2.14. The molecule has 2 aromatic rings. The van der Waals surface area contributed by atoms with Crippen LogP contribution in [0, 0.1) is 0 Å². The summed E-state index contributed by atoms with van der Waals surface area (Å²) in [5, 5.41) is 7.80. The average molecular weight is 371 g/mol. The molecule has 2 rings (SSSR count). The molecule has 142 valence electrons. The molecule has 0 aliphatic rings. The van der Waals surface area contributed by atoms with E-state index in [1.165, 1.54) is 7.11 Å². The summed E-state index contributed by atoms with van der Waals surface area (Å²) in [4.78, 5) is 35.0. The number of ether oxygens (including phenoxy) is 2. The number of nitrogens with one attached hydrogen (secondary N) is 3. The van der Waals surface area contributed by atoms with Crippen molar-refractivity contribution in [2.24, 2.45) is 0 Å². The first-order valence-electron chi connectivity index (χ1n) is 8.14. The van der Waals surface area contributed by atoms with Crippen molar-refractivity contribution in [3.63, 3.8) is 0 Å². The van der Waals surface area contributed by atoms with Gasteiger partial charge in [-0.15, -0.1) is 0 Å². The predicted molar refractivity (Wildman–Crippen MR) is 99.6 cm³/mol. The maximum absolute atomic E-state index is 12.0. The molecule has 0 aromatic heterocycles. The molecule has 0 atom stereocenters. The van der Waals surface area contributed by atoms with Gasteiger partial charge in [-0.25, -0.2) is 4.79 Å². The minimum atomic E-state index is -0.552. The van der Waals surface area contributed by atoms with Crippen molar-refractivity contribution in [3.05, 3.63) is 59.7 Å². The van der Waals surface area contributed by atoms with E-state index in [1.54, 1.807) is 55.6 Å². The number of methoxy groups -OCH3 is 2. The summed E-state index contributed by atoms with van der Waals surface area (Å²) in [6.45, 7) is 0.169. The third-order valence-electron chi connectivity index (χ3n) is 3.64. The van der Waals surface area contributed by atoms with E-state index in [9.17, 15) is 14.4 Å². The van der Waals surface area contributed by atoms with Crippen molar-refractivity contribution >= 4 is 23.6 Å². The Morgan fingerprint density at radius 2 is 1.56 bits per heavy atom. The van der Waals surface area contributed by atoms with Crippen molar-refractivity contribution in [1.82, 2.24) is 10.6 Å². The van der Waals surface area contributed by atoms with Gasteiger partial charge in [0, 0.05) is 17.8 Å². The molecule has 3 amide bonds. The normalized spacial score (nSPS) is 9.85. The molecule has 0 bridgehead atoms. The van der Waals surface area contributed by atoms with Crippen LogP contribution in [0.4, 0.5) is 10.5 Å². The second-order valence-corrected chi connectivity index (χ2v) is 5.50. The van der Waals surface area contributed by atoms with Gasteiger partial charge in [0.15, 0.2) is 0 Å². The van der Waals surface area contributed by atoms with Gasteiger partial charge in [0.2, 0.25) is 5.91 Å². The molecule has 27 heavy (non-hydrogen) atoms. The number of anilines is 1. The van der Waals surface area contributed by atoms with E-state index >= 15 is 0 Å². The molecule has 0 saturated carbocycles. The van der Waals surface area contributed by atoms with Gasteiger partial charge in [-0.05, 0) is 42.0 Å². The van der Waals surface area contributed by atoms with Gasteiger partial charge in [-0.3, -0.25) is 14.9 Å². The van der Waals surface area contributed by atoms with Gasteiger partial charge in [0.25, 0.3) is 5.91 Å². The molecular weight excluding hydrogens is 350 g/mol. The van der Waals surface area contributed by atoms with E-state index in [0.29, 0.717) is 23.5 Å². The number of hydrogen-bond donors (Lipinski definition) is 3. The van der Waals surface area contributed by atoms with Crippen LogP contribution in [-0.2, 0) is 16.1 Å². The van der Waals surface area contributed by atoms with Crippen molar-refractivity contribution in [3.8, 4) is 5.75 Å². The van der Waals surface area contributed by atoms with Gasteiger partial charge >= 0.3 is 6.09 Å². The van der Waals surface area contributed by atoms with Gasteiger partial charge in [-0.2, -0.15) is 0 Å². The second-order valence-electron chi connectivity index (χ2n) is 5.50. The minimum Gasteiger partial charge on any atom is -0.497 e. The number of carbonyl (C=O) groups is 3. The summed E-state index contributed by atoms with van der Waals surface area (Å²) in [6.07, 6.45) is -0.552. The Labute approximate surface area is 156 Å². The summed E-state index contributed by atoms with van der Waals surface area (Å²) in [5.74, 6) is -0.00300. The van der Waals surface area contributed by atoms with E-state index in [2.05, 4.69) is 20.7 Å². The molecule has 8 heteroatoms. The SMILES string of the molecule is COC(=O)Nc1ccc(CNC(=O)CNC(=O)c2ccc(OC)cc2)cc1. The lowest BCUT2D eigenvalue weighted by Crippen LogP contribution is -2.36. The Morgan fingerprint density at radius 3 is 2.15 bits per heavy atom. The van der Waals surface area contributed by atoms with Crippen LogP contribution in [0.3, 0.4) is 0 Å². The number of amides is 3. The Kier molecular flexibility index (Phi) is 7.18. The average Bonchev–Trinajstić information content (AvgIpc) is 2.71. The molecule has 0 unspecified atom stereocenters. The molecule has 3 N–H and O–H groups in total. The third-order valence-corrected chi connectivity index (χ3v) is 3.64. The van der Waals surface area contributed by atoms with Gasteiger partial charge in [0.1, 0.15) is 5.75 Å². The lowest BCUT2D eigenvalue weighted by Gasteiger charge is -2.08. The Bertz CT molecular complexity index is 788. The first-order valence-corrected chi connectivity index (χ1v) is 8.14. The van der Waals surface area contributed by atoms with Crippen LogP contribution in [0.1, 0.15) is 15.9 Å². The molecule has 0 spiro atoms. The minimum absolute atomic E-state index is 0.132. The van der Waals surface area contributed by atoms with E-state index in [-0.39, 0.29) is 18.4 Å². The molecule has 2 aromatic carbocycles. The smallest absolute Gasteiger partial charge is 0.411 e.